The Labute approximate surface area is 143 Å². The molecule has 0 amide bonds. The van der Waals surface area contributed by atoms with Crippen LogP contribution in [0.15, 0.2) is 6.20 Å². The van der Waals surface area contributed by atoms with Crippen molar-refractivity contribution in [2.24, 2.45) is 7.05 Å². The van der Waals surface area contributed by atoms with Crippen LogP contribution in [-0.4, -0.2) is 51.7 Å². The highest BCUT2D eigenvalue weighted by Gasteiger charge is 2.44. The quantitative estimate of drug-likeness (QED) is 0.829. The van der Waals surface area contributed by atoms with Crippen LogP contribution in [-0.2, 0) is 11.8 Å². The molecule has 0 bridgehead atoms. The summed E-state index contributed by atoms with van der Waals surface area (Å²) in [4.78, 5) is 11.0. The lowest BCUT2D eigenvalue weighted by Gasteiger charge is -2.35. The number of morpholine rings is 1. The number of aryl methyl sites for hydroxylation is 1. The molecule has 0 unspecified atom stereocenters. The zero-order chi connectivity index (χ0) is 17.6. The summed E-state index contributed by atoms with van der Waals surface area (Å²) in [7, 11) is 1.79. The number of anilines is 1. The summed E-state index contributed by atoms with van der Waals surface area (Å²) in [6.45, 7) is 0.140. The molecule has 1 aliphatic heterocycles. The Bertz CT molecular complexity index is 769. The maximum atomic E-state index is 13.1. The van der Waals surface area contributed by atoms with Crippen molar-refractivity contribution in [1.29, 1.82) is 0 Å². The average molecular weight is 355 g/mol. The van der Waals surface area contributed by atoms with Gasteiger partial charge in [0.1, 0.15) is 11.6 Å². The number of ether oxygens (including phenoxy) is 1. The SMILES string of the molecule is Cn1ncc2c(N3CCO[C@@H](C(F)(F)F)C3)nc(C3CCCC3)nc21. The molecule has 1 saturated heterocycles. The third kappa shape index (κ3) is 3.05. The average Bonchev–Trinajstić information content (AvgIpc) is 3.24. The predicted octanol–water partition coefficient (Wildman–Crippen LogP) is 2.79. The molecule has 0 aromatic carbocycles. The van der Waals surface area contributed by atoms with E-state index in [0.717, 1.165) is 31.5 Å². The van der Waals surface area contributed by atoms with Gasteiger partial charge in [-0.3, -0.25) is 4.68 Å². The lowest BCUT2D eigenvalue weighted by atomic mass is 10.1. The van der Waals surface area contributed by atoms with Gasteiger partial charge in [-0.15, -0.1) is 0 Å². The van der Waals surface area contributed by atoms with Crippen molar-refractivity contribution >= 4 is 16.9 Å². The normalized spacial score (nSPS) is 22.9. The summed E-state index contributed by atoms with van der Waals surface area (Å²) >= 11 is 0. The minimum Gasteiger partial charge on any atom is -0.365 e. The molecule has 136 valence electrons. The van der Waals surface area contributed by atoms with Crippen LogP contribution in [0.25, 0.3) is 11.0 Å². The molecule has 2 aromatic heterocycles. The smallest absolute Gasteiger partial charge is 0.365 e. The van der Waals surface area contributed by atoms with Crippen LogP contribution in [0, 0.1) is 0 Å². The van der Waals surface area contributed by atoms with Gasteiger partial charge >= 0.3 is 6.18 Å². The van der Waals surface area contributed by atoms with Gasteiger partial charge in [-0.25, -0.2) is 9.97 Å². The number of hydrogen-bond acceptors (Lipinski definition) is 5. The summed E-state index contributed by atoms with van der Waals surface area (Å²) in [6, 6.07) is 0. The van der Waals surface area contributed by atoms with Crippen molar-refractivity contribution in [1.82, 2.24) is 19.7 Å². The van der Waals surface area contributed by atoms with Crippen molar-refractivity contribution in [3.8, 4) is 0 Å². The Morgan fingerprint density at radius 3 is 2.68 bits per heavy atom. The summed E-state index contributed by atoms with van der Waals surface area (Å²) in [5.74, 6) is 1.54. The Hall–Kier alpha value is -1.90. The van der Waals surface area contributed by atoms with Gasteiger partial charge in [0.25, 0.3) is 0 Å². The van der Waals surface area contributed by atoms with E-state index in [1.807, 2.05) is 0 Å². The fourth-order valence-electron chi connectivity index (χ4n) is 3.67. The fourth-order valence-corrected chi connectivity index (χ4v) is 3.67. The summed E-state index contributed by atoms with van der Waals surface area (Å²) in [6.07, 6.45) is -0.220. The highest BCUT2D eigenvalue weighted by atomic mass is 19.4. The van der Waals surface area contributed by atoms with Crippen LogP contribution in [0.3, 0.4) is 0 Å². The minimum atomic E-state index is -4.38. The van der Waals surface area contributed by atoms with Gasteiger partial charge in [0.05, 0.1) is 24.7 Å². The molecule has 1 aliphatic carbocycles. The van der Waals surface area contributed by atoms with Gasteiger partial charge in [-0.05, 0) is 12.8 Å². The Kier molecular flexibility index (Phi) is 4.05. The van der Waals surface area contributed by atoms with E-state index in [2.05, 4.69) is 15.1 Å². The molecular formula is C16H20F3N5O. The van der Waals surface area contributed by atoms with E-state index >= 15 is 0 Å². The fraction of sp³-hybridized carbons (Fsp3) is 0.688. The number of fused-ring (bicyclic) bond motifs is 1. The maximum absolute atomic E-state index is 13.1. The van der Waals surface area contributed by atoms with Gasteiger partial charge in [0, 0.05) is 19.5 Å². The number of nitrogens with zero attached hydrogens (tertiary/aromatic N) is 5. The van der Waals surface area contributed by atoms with Crippen LogP contribution < -0.4 is 4.90 Å². The van der Waals surface area contributed by atoms with Crippen molar-refractivity contribution in [2.45, 2.75) is 43.9 Å². The Morgan fingerprint density at radius 2 is 1.96 bits per heavy atom. The van der Waals surface area contributed by atoms with Crippen LogP contribution >= 0.6 is 0 Å². The third-order valence-electron chi connectivity index (χ3n) is 5.04. The highest BCUT2D eigenvalue weighted by molar-refractivity contribution is 5.87. The first-order valence-corrected chi connectivity index (χ1v) is 8.56. The Morgan fingerprint density at radius 1 is 1.20 bits per heavy atom. The van der Waals surface area contributed by atoms with E-state index in [9.17, 15) is 13.2 Å². The molecule has 0 spiro atoms. The van der Waals surface area contributed by atoms with E-state index in [1.165, 1.54) is 0 Å². The molecule has 2 fully saturated rings. The molecule has 3 heterocycles. The molecule has 1 saturated carbocycles. The Balaban J connectivity index is 1.74. The summed E-state index contributed by atoms with van der Waals surface area (Å²) in [5.41, 5.74) is 0.668. The monoisotopic (exact) mass is 355 g/mol. The number of aromatic nitrogens is 4. The van der Waals surface area contributed by atoms with Crippen LogP contribution in [0.5, 0.6) is 0 Å². The zero-order valence-corrected chi connectivity index (χ0v) is 14.0. The number of rotatable bonds is 2. The molecule has 2 aliphatic rings. The standard InChI is InChI=1S/C16H20F3N5O/c1-23-14-11(8-20-23)15(22-13(21-14)10-4-2-3-5-10)24-6-7-25-12(9-24)16(17,18)19/h8,10,12H,2-7,9H2,1H3/t12-/m1/s1. The number of hydrogen-bond donors (Lipinski definition) is 0. The molecular weight excluding hydrogens is 335 g/mol. The molecule has 2 aromatic rings. The molecule has 0 radical (unpaired) electrons. The van der Waals surface area contributed by atoms with E-state index in [0.29, 0.717) is 23.4 Å². The van der Waals surface area contributed by atoms with Crippen molar-refractivity contribution in [3.63, 3.8) is 0 Å². The van der Waals surface area contributed by atoms with Crippen LogP contribution in [0.4, 0.5) is 19.0 Å². The van der Waals surface area contributed by atoms with E-state index in [1.54, 1.807) is 22.8 Å². The third-order valence-corrected chi connectivity index (χ3v) is 5.04. The summed E-state index contributed by atoms with van der Waals surface area (Å²) < 4.78 is 45.8. The van der Waals surface area contributed by atoms with Gasteiger partial charge in [-0.1, -0.05) is 12.8 Å². The molecule has 25 heavy (non-hydrogen) atoms. The van der Waals surface area contributed by atoms with Crippen LogP contribution in [0.1, 0.15) is 37.4 Å². The van der Waals surface area contributed by atoms with E-state index in [-0.39, 0.29) is 19.1 Å². The molecule has 1 atom stereocenters. The van der Waals surface area contributed by atoms with E-state index < -0.39 is 12.3 Å². The van der Waals surface area contributed by atoms with Crippen molar-refractivity contribution in [2.75, 3.05) is 24.6 Å². The molecule has 0 N–H and O–H groups in total. The number of halogens is 3. The second-order valence-electron chi connectivity index (χ2n) is 6.74. The maximum Gasteiger partial charge on any atom is 0.416 e. The molecule has 4 rings (SSSR count). The van der Waals surface area contributed by atoms with Gasteiger partial charge in [-0.2, -0.15) is 18.3 Å². The highest BCUT2D eigenvalue weighted by Crippen LogP contribution is 2.36. The topological polar surface area (TPSA) is 56.1 Å². The zero-order valence-electron chi connectivity index (χ0n) is 14.0. The lowest BCUT2D eigenvalue weighted by Crippen LogP contribution is -2.49. The van der Waals surface area contributed by atoms with E-state index in [4.69, 9.17) is 4.74 Å². The lowest BCUT2D eigenvalue weighted by molar-refractivity contribution is -0.221. The first kappa shape index (κ1) is 16.6. The second kappa shape index (κ2) is 6.12. The van der Waals surface area contributed by atoms with Gasteiger partial charge in [0.15, 0.2) is 11.8 Å². The number of alkyl halides is 3. The first-order chi connectivity index (χ1) is 11.9. The van der Waals surface area contributed by atoms with Crippen molar-refractivity contribution in [3.05, 3.63) is 12.0 Å². The predicted molar refractivity (Wildman–Crippen MR) is 85.5 cm³/mol. The molecule has 6 nitrogen and oxygen atoms in total. The molecule has 9 heteroatoms. The van der Waals surface area contributed by atoms with Gasteiger partial charge in [0.2, 0.25) is 0 Å². The minimum absolute atomic E-state index is 0.0225. The summed E-state index contributed by atoms with van der Waals surface area (Å²) in [5, 5.41) is 4.91. The first-order valence-electron chi connectivity index (χ1n) is 8.56. The van der Waals surface area contributed by atoms with Crippen molar-refractivity contribution < 1.29 is 17.9 Å². The van der Waals surface area contributed by atoms with Crippen LogP contribution in [0.2, 0.25) is 0 Å². The largest absolute Gasteiger partial charge is 0.416 e. The van der Waals surface area contributed by atoms with Gasteiger partial charge < -0.3 is 9.64 Å². The second-order valence-corrected chi connectivity index (χ2v) is 6.74.